The van der Waals surface area contributed by atoms with Crippen LogP contribution in [0.2, 0.25) is 0 Å². The van der Waals surface area contributed by atoms with Gasteiger partial charge in [-0.05, 0) is 48.5 Å². The molecule has 0 radical (unpaired) electrons. The molecule has 6 nitrogen and oxygen atoms in total. The Bertz CT molecular complexity index is 896. The molecular formula is C19H17N3O3. The Balaban J connectivity index is 1.71. The standard InChI is InChI=1S/C19H17N3O3/c1-22-12-11-20-18(22)17(23)13-3-7-15(8-4-13)21-19(24)14-5-9-16(25-2)10-6-14/h3-12H,1-2H3,(H,21,24). The predicted octanol–water partition coefficient (Wildman–Crippen LogP) is 2.91. The number of imidazole rings is 1. The number of nitrogens with one attached hydrogen (secondary N) is 1. The minimum Gasteiger partial charge on any atom is -0.497 e. The summed E-state index contributed by atoms with van der Waals surface area (Å²) in [5.41, 5.74) is 1.64. The molecule has 0 fully saturated rings. The quantitative estimate of drug-likeness (QED) is 0.728. The fraction of sp³-hybridized carbons (Fsp3) is 0.105. The predicted molar refractivity (Wildman–Crippen MR) is 94.0 cm³/mol. The molecule has 0 saturated heterocycles. The monoisotopic (exact) mass is 335 g/mol. The molecule has 2 aromatic carbocycles. The van der Waals surface area contributed by atoms with E-state index in [2.05, 4.69) is 10.3 Å². The number of hydrogen-bond donors (Lipinski definition) is 1. The van der Waals surface area contributed by atoms with Gasteiger partial charge in [0.2, 0.25) is 5.78 Å². The van der Waals surface area contributed by atoms with Crippen LogP contribution in [-0.2, 0) is 7.05 Å². The summed E-state index contributed by atoms with van der Waals surface area (Å²) in [5.74, 6) is 0.662. The summed E-state index contributed by atoms with van der Waals surface area (Å²) in [6, 6.07) is 13.5. The Labute approximate surface area is 145 Å². The van der Waals surface area contributed by atoms with E-state index >= 15 is 0 Å². The number of benzene rings is 2. The molecule has 1 aromatic heterocycles. The van der Waals surface area contributed by atoms with Gasteiger partial charge >= 0.3 is 0 Å². The van der Waals surface area contributed by atoms with Gasteiger partial charge in [-0.3, -0.25) is 9.59 Å². The lowest BCUT2D eigenvalue weighted by Crippen LogP contribution is -2.12. The van der Waals surface area contributed by atoms with E-state index in [0.29, 0.717) is 28.4 Å². The van der Waals surface area contributed by atoms with E-state index in [4.69, 9.17) is 4.74 Å². The maximum Gasteiger partial charge on any atom is 0.255 e. The third-order valence-electron chi connectivity index (χ3n) is 3.78. The second kappa shape index (κ2) is 7.00. The number of rotatable bonds is 5. The van der Waals surface area contributed by atoms with Crippen molar-refractivity contribution in [3.8, 4) is 5.75 Å². The molecule has 0 aliphatic carbocycles. The smallest absolute Gasteiger partial charge is 0.255 e. The van der Waals surface area contributed by atoms with E-state index in [1.807, 2.05) is 0 Å². The zero-order valence-corrected chi connectivity index (χ0v) is 13.9. The fourth-order valence-electron chi connectivity index (χ4n) is 2.36. The molecule has 6 heteroatoms. The van der Waals surface area contributed by atoms with E-state index in [1.165, 1.54) is 0 Å². The van der Waals surface area contributed by atoms with Crippen molar-refractivity contribution in [2.24, 2.45) is 7.05 Å². The van der Waals surface area contributed by atoms with Gasteiger partial charge in [-0.25, -0.2) is 4.98 Å². The van der Waals surface area contributed by atoms with Crippen molar-refractivity contribution in [1.82, 2.24) is 9.55 Å². The van der Waals surface area contributed by atoms with Gasteiger partial charge in [0.15, 0.2) is 5.82 Å². The van der Waals surface area contributed by atoms with Crippen LogP contribution < -0.4 is 10.1 Å². The molecule has 0 saturated carbocycles. The molecule has 25 heavy (non-hydrogen) atoms. The number of anilines is 1. The van der Waals surface area contributed by atoms with Gasteiger partial charge in [0.05, 0.1) is 7.11 Å². The number of ketones is 1. The van der Waals surface area contributed by atoms with Crippen LogP contribution in [0.3, 0.4) is 0 Å². The summed E-state index contributed by atoms with van der Waals surface area (Å²) in [4.78, 5) is 28.6. The minimum absolute atomic E-state index is 0.166. The molecule has 0 aliphatic heterocycles. The number of hydrogen-bond acceptors (Lipinski definition) is 4. The fourth-order valence-corrected chi connectivity index (χ4v) is 2.36. The topological polar surface area (TPSA) is 73.2 Å². The van der Waals surface area contributed by atoms with Crippen molar-refractivity contribution >= 4 is 17.4 Å². The Kier molecular flexibility index (Phi) is 4.61. The molecule has 0 spiro atoms. The molecule has 0 atom stereocenters. The second-order valence-corrected chi connectivity index (χ2v) is 5.45. The lowest BCUT2D eigenvalue weighted by Gasteiger charge is -2.07. The van der Waals surface area contributed by atoms with Gasteiger partial charge in [0.1, 0.15) is 5.75 Å². The van der Waals surface area contributed by atoms with E-state index in [9.17, 15) is 9.59 Å². The van der Waals surface area contributed by atoms with E-state index in [-0.39, 0.29) is 11.7 Å². The summed E-state index contributed by atoms with van der Waals surface area (Å²) < 4.78 is 6.74. The minimum atomic E-state index is -0.231. The van der Waals surface area contributed by atoms with Crippen molar-refractivity contribution in [2.45, 2.75) is 0 Å². The highest BCUT2D eigenvalue weighted by atomic mass is 16.5. The third kappa shape index (κ3) is 3.58. The van der Waals surface area contributed by atoms with Crippen LogP contribution in [-0.4, -0.2) is 28.4 Å². The maximum atomic E-state index is 12.4. The van der Waals surface area contributed by atoms with Crippen LogP contribution in [0.5, 0.6) is 5.75 Å². The van der Waals surface area contributed by atoms with Crippen LogP contribution >= 0.6 is 0 Å². The molecule has 0 unspecified atom stereocenters. The van der Waals surface area contributed by atoms with Crippen LogP contribution in [0.15, 0.2) is 60.9 Å². The van der Waals surface area contributed by atoms with E-state index in [1.54, 1.807) is 79.6 Å². The Morgan fingerprint density at radius 2 is 1.64 bits per heavy atom. The largest absolute Gasteiger partial charge is 0.497 e. The number of nitrogens with zero attached hydrogens (tertiary/aromatic N) is 2. The van der Waals surface area contributed by atoms with Gasteiger partial charge < -0.3 is 14.6 Å². The van der Waals surface area contributed by atoms with Crippen LogP contribution in [0, 0.1) is 0 Å². The first-order chi connectivity index (χ1) is 12.1. The number of aryl methyl sites for hydroxylation is 1. The second-order valence-electron chi connectivity index (χ2n) is 5.45. The Hall–Kier alpha value is -3.41. The van der Waals surface area contributed by atoms with Gasteiger partial charge in [0.25, 0.3) is 5.91 Å². The average molecular weight is 335 g/mol. The summed E-state index contributed by atoms with van der Waals surface area (Å²) in [6.07, 6.45) is 3.30. The Morgan fingerprint density at radius 1 is 1.00 bits per heavy atom. The van der Waals surface area contributed by atoms with Crippen LogP contribution in [0.1, 0.15) is 26.5 Å². The SMILES string of the molecule is COc1ccc(C(=O)Nc2ccc(C(=O)c3nccn3C)cc2)cc1. The van der Waals surface area contributed by atoms with Crippen molar-refractivity contribution in [3.63, 3.8) is 0 Å². The van der Waals surface area contributed by atoms with Crippen molar-refractivity contribution < 1.29 is 14.3 Å². The lowest BCUT2D eigenvalue weighted by atomic mass is 10.1. The maximum absolute atomic E-state index is 12.4. The number of aromatic nitrogens is 2. The molecule has 1 heterocycles. The number of methoxy groups -OCH3 is 1. The van der Waals surface area contributed by atoms with E-state index in [0.717, 1.165) is 0 Å². The molecule has 3 rings (SSSR count). The summed E-state index contributed by atoms with van der Waals surface area (Å²) in [7, 11) is 3.34. The first kappa shape index (κ1) is 16.4. The molecular weight excluding hydrogens is 318 g/mol. The molecule has 0 aliphatic rings. The third-order valence-corrected chi connectivity index (χ3v) is 3.78. The zero-order valence-electron chi connectivity index (χ0n) is 13.9. The van der Waals surface area contributed by atoms with Crippen molar-refractivity contribution in [3.05, 3.63) is 77.9 Å². The summed E-state index contributed by atoms with van der Waals surface area (Å²) in [6.45, 7) is 0. The molecule has 3 aromatic rings. The number of carbonyl (C=O) groups is 2. The first-order valence-electron chi connectivity index (χ1n) is 7.66. The normalized spacial score (nSPS) is 10.3. The number of carbonyl (C=O) groups excluding carboxylic acids is 2. The molecule has 1 N–H and O–H groups in total. The summed E-state index contributed by atoms with van der Waals surface area (Å²) in [5, 5.41) is 2.80. The van der Waals surface area contributed by atoms with Gasteiger partial charge in [-0.1, -0.05) is 0 Å². The van der Waals surface area contributed by atoms with Gasteiger partial charge in [-0.15, -0.1) is 0 Å². The van der Waals surface area contributed by atoms with Gasteiger partial charge in [-0.2, -0.15) is 0 Å². The summed E-state index contributed by atoms with van der Waals surface area (Å²) >= 11 is 0. The molecule has 126 valence electrons. The van der Waals surface area contributed by atoms with Gasteiger partial charge in [0, 0.05) is 36.3 Å². The first-order valence-corrected chi connectivity index (χ1v) is 7.66. The van der Waals surface area contributed by atoms with Crippen LogP contribution in [0.25, 0.3) is 0 Å². The van der Waals surface area contributed by atoms with Crippen molar-refractivity contribution in [2.75, 3.05) is 12.4 Å². The Morgan fingerprint density at radius 3 is 2.20 bits per heavy atom. The van der Waals surface area contributed by atoms with Crippen LogP contribution in [0.4, 0.5) is 5.69 Å². The average Bonchev–Trinajstić information content (AvgIpc) is 3.07. The number of ether oxygens (including phenoxy) is 1. The molecule has 0 bridgehead atoms. The lowest BCUT2D eigenvalue weighted by molar-refractivity contribution is 0.102. The van der Waals surface area contributed by atoms with E-state index < -0.39 is 0 Å². The highest BCUT2D eigenvalue weighted by Gasteiger charge is 2.14. The van der Waals surface area contributed by atoms with Crippen molar-refractivity contribution in [1.29, 1.82) is 0 Å². The number of amides is 1. The molecule has 1 amide bonds. The zero-order chi connectivity index (χ0) is 17.8. The highest BCUT2D eigenvalue weighted by molar-refractivity contribution is 6.07. The highest BCUT2D eigenvalue weighted by Crippen LogP contribution is 2.16.